The molecule has 2 aromatic rings. The highest BCUT2D eigenvalue weighted by molar-refractivity contribution is 9.10. The standard InChI is InChI=1S/C19H19BrFN3O2/c1-11(25)24-8-2-3-12-9-14(5-7-17(12)24)23-18(19(22)26)15-6-4-13(20)10-16(15)21/h4-7,9-10,18,23H,2-3,8H2,1H3,(H2,22,26). The van der Waals surface area contributed by atoms with Crippen molar-refractivity contribution in [2.75, 3.05) is 16.8 Å². The maximum Gasteiger partial charge on any atom is 0.244 e. The topological polar surface area (TPSA) is 75.4 Å². The van der Waals surface area contributed by atoms with Crippen LogP contribution in [0.15, 0.2) is 40.9 Å². The molecule has 0 aromatic heterocycles. The van der Waals surface area contributed by atoms with Gasteiger partial charge in [-0.1, -0.05) is 22.0 Å². The zero-order valence-electron chi connectivity index (χ0n) is 14.3. The van der Waals surface area contributed by atoms with Gasteiger partial charge in [0.05, 0.1) is 0 Å². The minimum atomic E-state index is -0.992. The highest BCUT2D eigenvalue weighted by atomic mass is 79.9. The van der Waals surface area contributed by atoms with E-state index in [1.165, 1.54) is 12.1 Å². The van der Waals surface area contributed by atoms with Crippen molar-refractivity contribution in [2.24, 2.45) is 5.73 Å². The summed E-state index contributed by atoms with van der Waals surface area (Å²) in [4.78, 5) is 25.4. The summed E-state index contributed by atoms with van der Waals surface area (Å²) in [5.74, 6) is -1.19. The van der Waals surface area contributed by atoms with Crippen LogP contribution in [-0.4, -0.2) is 18.4 Å². The van der Waals surface area contributed by atoms with E-state index in [-0.39, 0.29) is 11.5 Å². The van der Waals surface area contributed by atoms with Gasteiger partial charge in [0.25, 0.3) is 0 Å². The van der Waals surface area contributed by atoms with Gasteiger partial charge in [-0.2, -0.15) is 0 Å². The Bertz CT molecular complexity index is 872. The number of hydrogen-bond acceptors (Lipinski definition) is 3. The molecule has 0 fully saturated rings. The van der Waals surface area contributed by atoms with Crippen LogP contribution in [0.5, 0.6) is 0 Å². The molecule has 0 radical (unpaired) electrons. The number of nitrogens with zero attached hydrogens (tertiary/aromatic N) is 1. The molecule has 2 aromatic carbocycles. The van der Waals surface area contributed by atoms with E-state index in [1.807, 2.05) is 12.1 Å². The number of hydrogen-bond donors (Lipinski definition) is 2. The van der Waals surface area contributed by atoms with Crippen molar-refractivity contribution in [3.05, 3.63) is 57.8 Å². The first-order chi connectivity index (χ1) is 12.4. The van der Waals surface area contributed by atoms with Crippen LogP contribution < -0.4 is 16.0 Å². The van der Waals surface area contributed by atoms with Crippen LogP contribution in [0.4, 0.5) is 15.8 Å². The Hall–Kier alpha value is -2.41. The Balaban J connectivity index is 1.91. The Labute approximate surface area is 159 Å². The normalized spacial score (nSPS) is 14.5. The number of aryl methyl sites for hydroxylation is 1. The van der Waals surface area contributed by atoms with Crippen molar-refractivity contribution in [1.82, 2.24) is 0 Å². The molecule has 1 aliphatic rings. The molecular formula is C19H19BrFN3O2. The molecule has 0 saturated carbocycles. The van der Waals surface area contributed by atoms with Gasteiger partial charge in [-0.25, -0.2) is 4.39 Å². The second kappa shape index (κ2) is 7.45. The molecule has 3 N–H and O–H groups in total. The molecule has 0 bridgehead atoms. The number of carbonyl (C=O) groups excluding carboxylic acids is 2. The fraction of sp³-hybridized carbons (Fsp3) is 0.263. The zero-order chi connectivity index (χ0) is 18.8. The highest BCUT2D eigenvalue weighted by Crippen LogP contribution is 2.31. The van der Waals surface area contributed by atoms with E-state index in [4.69, 9.17) is 5.73 Å². The van der Waals surface area contributed by atoms with E-state index in [2.05, 4.69) is 21.2 Å². The molecule has 5 nitrogen and oxygen atoms in total. The zero-order valence-corrected chi connectivity index (χ0v) is 15.8. The fourth-order valence-corrected chi connectivity index (χ4v) is 3.55. The fourth-order valence-electron chi connectivity index (χ4n) is 3.22. The Morgan fingerprint density at radius 3 is 2.69 bits per heavy atom. The first kappa shape index (κ1) is 18.4. The van der Waals surface area contributed by atoms with E-state index < -0.39 is 17.8 Å². The predicted octanol–water partition coefficient (Wildman–Crippen LogP) is 3.53. The van der Waals surface area contributed by atoms with Crippen LogP contribution in [0.25, 0.3) is 0 Å². The lowest BCUT2D eigenvalue weighted by atomic mass is 10.00. The Kier molecular flexibility index (Phi) is 5.27. The maximum absolute atomic E-state index is 14.3. The quantitative estimate of drug-likeness (QED) is 0.795. The maximum atomic E-state index is 14.3. The van der Waals surface area contributed by atoms with Crippen LogP contribution in [0.3, 0.4) is 0 Å². The minimum absolute atomic E-state index is 0.00129. The third-order valence-electron chi connectivity index (χ3n) is 4.45. The van der Waals surface area contributed by atoms with Gasteiger partial charge in [-0.3, -0.25) is 9.59 Å². The minimum Gasteiger partial charge on any atom is -0.370 e. The lowest BCUT2D eigenvalue weighted by molar-refractivity contribution is -0.119. The molecule has 3 rings (SSSR count). The average Bonchev–Trinajstić information content (AvgIpc) is 2.59. The molecule has 7 heteroatoms. The first-order valence-corrected chi connectivity index (χ1v) is 9.08. The van der Waals surface area contributed by atoms with Crippen molar-refractivity contribution < 1.29 is 14.0 Å². The van der Waals surface area contributed by atoms with Crippen LogP contribution >= 0.6 is 15.9 Å². The van der Waals surface area contributed by atoms with Crippen LogP contribution in [0, 0.1) is 5.82 Å². The summed E-state index contributed by atoms with van der Waals surface area (Å²) < 4.78 is 14.8. The smallest absolute Gasteiger partial charge is 0.244 e. The Morgan fingerprint density at radius 1 is 1.27 bits per heavy atom. The van der Waals surface area contributed by atoms with Gasteiger partial charge in [0, 0.05) is 34.9 Å². The molecule has 136 valence electrons. The molecule has 0 aliphatic carbocycles. The Morgan fingerprint density at radius 2 is 2.04 bits per heavy atom. The van der Waals surface area contributed by atoms with Crippen LogP contribution in [-0.2, 0) is 16.0 Å². The number of fused-ring (bicyclic) bond motifs is 1. The third kappa shape index (κ3) is 3.72. The molecule has 1 unspecified atom stereocenters. The van der Waals surface area contributed by atoms with Crippen molar-refractivity contribution in [3.8, 4) is 0 Å². The second-order valence-electron chi connectivity index (χ2n) is 6.26. The number of nitrogens with two attached hydrogens (primary N) is 1. The lowest BCUT2D eigenvalue weighted by Crippen LogP contribution is -2.33. The molecule has 26 heavy (non-hydrogen) atoms. The second-order valence-corrected chi connectivity index (χ2v) is 7.18. The van der Waals surface area contributed by atoms with Gasteiger partial charge in [0.2, 0.25) is 11.8 Å². The van der Waals surface area contributed by atoms with Crippen molar-refractivity contribution in [3.63, 3.8) is 0 Å². The van der Waals surface area contributed by atoms with E-state index in [0.29, 0.717) is 16.7 Å². The average molecular weight is 420 g/mol. The summed E-state index contributed by atoms with van der Waals surface area (Å²) in [7, 11) is 0. The number of halogens is 2. The SMILES string of the molecule is CC(=O)N1CCCc2cc(NC(C(N)=O)c3ccc(Br)cc3F)ccc21. The summed E-state index contributed by atoms with van der Waals surface area (Å²) >= 11 is 3.20. The molecule has 1 heterocycles. The summed E-state index contributed by atoms with van der Waals surface area (Å²) in [6.45, 7) is 2.24. The largest absolute Gasteiger partial charge is 0.370 e. The number of benzene rings is 2. The molecule has 0 spiro atoms. The van der Waals surface area contributed by atoms with Gasteiger partial charge < -0.3 is 16.0 Å². The van der Waals surface area contributed by atoms with Gasteiger partial charge in [0.15, 0.2) is 0 Å². The summed E-state index contributed by atoms with van der Waals surface area (Å²) in [5, 5.41) is 3.02. The highest BCUT2D eigenvalue weighted by Gasteiger charge is 2.24. The number of nitrogens with one attached hydrogen (secondary N) is 1. The van der Waals surface area contributed by atoms with E-state index in [9.17, 15) is 14.0 Å². The van der Waals surface area contributed by atoms with Crippen LogP contribution in [0.2, 0.25) is 0 Å². The van der Waals surface area contributed by atoms with Crippen LogP contribution in [0.1, 0.15) is 30.5 Å². The number of anilines is 2. The summed E-state index contributed by atoms with van der Waals surface area (Å²) in [5.41, 5.74) is 8.21. The van der Waals surface area contributed by atoms with E-state index in [1.54, 1.807) is 24.0 Å². The predicted molar refractivity (Wildman–Crippen MR) is 102 cm³/mol. The van der Waals surface area contributed by atoms with Gasteiger partial charge in [-0.15, -0.1) is 0 Å². The van der Waals surface area contributed by atoms with Gasteiger partial charge >= 0.3 is 0 Å². The first-order valence-electron chi connectivity index (χ1n) is 8.28. The monoisotopic (exact) mass is 419 g/mol. The number of amides is 2. The molecule has 0 saturated heterocycles. The lowest BCUT2D eigenvalue weighted by Gasteiger charge is -2.29. The number of primary amides is 1. The summed E-state index contributed by atoms with van der Waals surface area (Å²) in [6, 6.07) is 8.99. The van der Waals surface area contributed by atoms with Crippen molar-refractivity contribution in [2.45, 2.75) is 25.8 Å². The molecule has 2 amide bonds. The molecule has 1 atom stereocenters. The number of carbonyl (C=O) groups is 2. The third-order valence-corrected chi connectivity index (χ3v) is 4.94. The van der Waals surface area contributed by atoms with E-state index >= 15 is 0 Å². The molecular weight excluding hydrogens is 401 g/mol. The van der Waals surface area contributed by atoms with Crippen molar-refractivity contribution in [1.29, 1.82) is 0 Å². The van der Waals surface area contributed by atoms with Crippen molar-refractivity contribution >= 4 is 39.1 Å². The summed E-state index contributed by atoms with van der Waals surface area (Å²) in [6.07, 6.45) is 1.71. The van der Waals surface area contributed by atoms with Gasteiger partial charge in [-0.05, 0) is 48.7 Å². The van der Waals surface area contributed by atoms with Gasteiger partial charge in [0.1, 0.15) is 11.9 Å². The number of rotatable bonds is 4. The van der Waals surface area contributed by atoms with E-state index in [0.717, 1.165) is 24.1 Å². The molecule has 1 aliphatic heterocycles.